The van der Waals surface area contributed by atoms with E-state index in [0.717, 1.165) is 28.8 Å². The molecule has 0 radical (unpaired) electrons. The molecule has 3 nitrogen and oxygen atoms in total. The van der Waals surface area contributed by atoms with Crippen LogP contribution in [0.4, 0.5) is 0 Å². The fourth-order valence-electron chi connectivity index (χ4n) is 2.12. The van der Waals surface area contributed by atoms with E-state index in [1.165, 1.54) is 11.1 Å². The van der Waals surface area contributed by atoms with Crippen LogP contribution in [0.3, 0.4) is 0 Å². The number of ether oxygens (including phenoxy) is 2. The van der Waals surface area contributed by atoms with Gasteiger partial charge in [0.25, 0.3) is 0 Å². The number of hydrogen-bond acceptors (Lipinski definition) is 3. The Labute approximate surface area is 96.7 Å². The Kier molecular flexibility index (Phi) is 1.83. The molecular formula is C11H12BrNO2. The van der Waals surface area contributed by atoms with Gasteiger partial charge < -0.3 is 15.2 Å². The van der Waals surface area contributed by atoms with Crippen LogP contribution < -0.4 is 15.2 Å². The van der Waals surface area contributed by atoms with Crippen LogP contribution in [-0.2, 0) is 5.54 Å². The van der Waals surface area contributed by atoms with E-state index in [1.54, 1.807) is 0 Å². The van der Waals surface area contributed by atoms with E-state index in [0.29, 0.717) is 6.79 Å². The zero-order valence-electron chi connectivity index (χ0n) is 8.47. The Hall–Kier alpha value is -0.740. The second kappa shape index (κ2) is 2.89. The van der Waals surface area contributed by atoms with E-state index >= 15 is 0 Å². The average molecular weight is 270 g/mol. The molecule has 1 aliphatic carbocycles. The molecular weight excluding hydrogens is 258 g/mol. The lowest BCUT2D eigenvalue weighted by molar-refractivity contribution is 0.173. The Bertz CT molecular complexity index is 441. The lowest BCUT2D eigenvalue weighted by atomic mass is 9.99. The van der Waals surface area contributed by atoms with Crippen molar-refractivity contribution >= 4 is 15.9 Å². The van der Waals surface area contributed by atoms with E-state index < -0.39 is 0 Å². The first-order chi connectivity index (χ1) is 7.12. The van der Waals surface area contributed by atoms with Crippen molar-refractivity contribution in [2.75, 3.05) is 6.79 Å². The van der Waals surface area contributed by atoms with Crippen molar-refractivity contribution in [2.45, 2.75) is 25.3 Å². The highest BCUT2D eigenvalue weighted by Crippen LogP contribution is 2.52. The first-order valence-corrected chi connectivity index (χ1v) is 5.79. The van der Waals surface area contributed by atoms with Gasteiger partial charge in [0.2, 0.25) is 6.79 Å². The Balaban J connectivity index is 2.22. The monoisotopic (exact) mass is 269 g/mol. The second-order valence-corrected chi connectivity index (χ2v) is 5.07. The van der Waals surface area contributed by atoms with Gasteiger partial charge >= 0.3 is 0 Å². The van der Waals surface area contributed by atoms with E-state index in [9.17, 15) is 0 Å². The summed E-state index contributed by atoms with van der Waals surface area (Å²) in [7, 11) is 0. The van der Waals surface area contributed by atoms with Gasteiger partial charge in [0.05, 0.1) is 4.47 Å². The number of nitrogens with two attached hydrogens (primary N) is 1. The molecule has 0 saturated heterocycles. The van der Waals surface area contributed by atoms with Crippen LogP contribution >= 0.6 is 15.9 Å². The fourth-order valence-corrected chi connectivity index (χ4v) is 3.14. The standard InChI is InChI=1S/C11H12BrNO2/c1-6-4-7-10(15-5-14-7)9(12)8(6)11(13)2-3-11/h4H,2-3,5,13H2,1H3. The molecule has 1 aromatic carbocycles. The maximum absolute atomic E-state index is 6.24. The van der Waals surface area contributed by atoms with Crippen molar-refractivity contribution in [3.63, 3.8) is 0 Å². The van der Waals surface area contributed by atoms with Crippen LogP contribution in [0.25, 0.3) is 0 Å². The molecule has 3 rings (SSSR count). The third-order valence-corrected chi connectivity index (χ3v) is 3.85. The van der Waals surface area contributed by atoms with Crippen molar-refractivity contribution < 1.29 is 9.47 Å². The van der Waals surface area contributed by atoms with Crippen LogP contribution in [0.15, 0.2) is 10.5 Å². The number of benzene rings is 1. The topological polar surface area (TPSA) is 44.5 Å². The zero-order chi connectivity index (χ0) is 10.6. The van der Waals surface area contributed by atoms with Gasteiger partial charge in [-0.15, -0.1) is 0 Å². The first kappa shape index (κ1) is 9.48. The molecule has 2 N–H and O–H groups in total. The largest absolute Gasteiger partial charge is 0.454 e. The van der Waals surface area contributed by atoms with Crippen LogP contribution in [0.5, 0.6) is 11.5 Å². The van der Waals surface area contributed by atoms with Crippen LogP contribution in [0, 0.1) is 6.92 Å². The average Bonchev–Trinajstić information content (AvgIpc) is 2.75. The molecule has 0 amide bonds. The summed E-state index contributed by atoms with van der Waals surface area (Å²) in [5.74, 6) is 1.61. The Morgan fingerprint density at radius 1 is 1.40 bits per heavy atom. The summed E-state index contributed by atoms with van der Waals surface area (Å²) >= 11 is 3.57. The molecule has 1 saturated carbocycles. The molecule has 0 aromatic heterocycles. The summed E-state index contributed by atoms with van der Waals surface area (Å²) < 4.78 is 11.7. The van der Waals surface area contributed by atoms with Crippen molar-refractivity contribution in [1.82, 2.24) is 0 Å². The van der Waals surface area contributed by atoms with Gasteiger partial charge in [0.1, 0.15) is 0 Å². The van der Waals surface area contributed by atoms with E-state index in [4.69, 9.17) is 15.2 Å². The van der Waals surface area contributed by atoms with Gasteiger partial charge in [0.15, 0.2) is 11.5 Å². The van der Waals surface area contributed by atoms with E-state index in [1.807, 2.05) is 6.07 Å². The lowest BCUT2D eigenvalue weighted by Gasteiger charge is -2.16. The normalized spacial score (nSPS) is 20.5. The van der Waals surface area contributed by atoms with Crippen molar-refractivity contribution in [3.8, 4) is 11.5 Å². The van der Waals surface area contributed by atoms with Crippen molar-refractivity contribution in [2.24, 2.45) is 5.73 Å². The molecule has 4 heteroatoms. The Morgan fingerprint density at radius 3 is 2.80 bits per heavy atom. The summed E-state index contributed by atoms with van der Waals surface area (Å²) in [5, 5.41) is 0. The van der Waals surface area contributed by atoms with Crippen molar-refractivity contribution in [3.05, 3.63) is 21.7 Å². The molecule has 1 heterocycles. The summed E-state index contributed by atoms with van der Waals surface area (Å²) in [4.78, 5) is 0. The van der Waals surface area contributed by atoms with Gasteiger partial charge in [-0.25, -0.2) is 0 Å². The first-order valence-electron chi connectivity index (χ1n) is 5.00. The number of halogens is 1. The molecule has 1 fully saturated rings. The molecule has 2 aliphatic rings. The second-order valence-electron chi connectivity index (χ2n) is 4.27. The zero-order valence-corrected chi connectivity index (χ0v) is 10.1. The molecule has 1 aromatic rings. The predicted octanol–water partition coefficient (Wildman–Crippen LogP) is 2.43. The third kappa shape index (κ3) is 1.28. The summed E-state index contributed by atoms with van der Waals surface area (Å²) in [6.07, 6.45) is 2.10. The SMILES string of the molecule is Cc1cc2c(c(Br)c1C1(N)CC1)OCO2. The minimum absolute atomic E-state index is 0.149. The highest BCUT2D eigenvalue weighted by molar-refractivity contribution is 9.10. The summed E-state index contributed by atoms with van der Waals surface area (Å²) in [6.45, 7) is 2.36. The maximum Gasteiger partial charge on any atom is 0.231 e. The number of aryl methyl sites for hydroxylation is 1. The molecule has 15 heavy (non-hydrogen) atoms. The van der Waals surface area contributed by atoms with Crippen LogP contribution in [0.1, 0.15) is 24.0 Å². The van der Waals surface area contributed by atoms with E-state index in [2.05, 4.69) is 22.9 Å². The molecule has 0 bridgehead atoms. The maximum atomic E-state index is 6.24. The van der Waals surface area contributed by atoms with Gasteiger partial charge in [0, 0.05) is 5.54 Å². The van der Waals surface area contributed by atoms with Gasteiger partial charge in [-0.05, 0) is 52.9 Å². The minimum Gasteiger partial charge on any atom is -0.454 e. The van der Waals surface area contributed by atoms with Gasteiger partial charge in [-0.2, -0.15) is 0 Å². The molecule has 0 spiro atoms. The molecule has 0 unspecified atom stereocenters. The third-order valence-electron chi connectivity index (χ3n) is 3.09. The minimum atomic E-state index is -0.149. The molecule has 0 atom stereocenters. The number of rotatable bonds is 1. The molecule has 80 valence electrons. The van der Waals surface area contributed by atoms with Crippen LogP contribution in [-0.4, -0.2) is 6.79 Å². The van der Waals surface area contributed by atoms with Crippen LogP contribution in [0.2, 0.25) is 0 Å². The highest BCUT2D eigenvalue weighted by Gasteiger charge is 2.44. The van der Waals surface area contributed by atoms with Gasteiger partial charge in [-0.1, -0.05) is 0 Å². The predicted molar refractivity (Wildman–Crippen MR) is 60.1 cm³/mol. The fraction of sp³-hybridized carbons (Fsp3) is 0.455. The summed E-state index contributed by atoms with van der Waals surface area (Å²) in [5.41, 5.74) is 8.43. The number of hydrogen-bond donors (Lipinski definition) is 1. The smallest absolute Gasteiger partial charge is 0.231 e. The van der Waals surface area contributed by atoms with Crippen molar-refractivity contribution in [1.29, 1.82) is 0 Å². The quantitative estimate of drug-likeness (QED) is 0.852. The van der Waals surface area contributed by atoms with Gasteiger partial charge in [-0.3, -0.25) is 0 Å². The number of fused-ring (bicyclic) bond motifs is 1. The lowest BCUT2D eigenvalue weighted by Crippen LogP contribution is -2.20. The van der Waals surface area contributed by atoms with E-state index in [-0.39, 0.29) is 5.54 Å². The molecule has 1 aliphatic heterocycles. The summed E-state index contributed by atoms with van der Waals surface area (Å²) in [6, 6.07) is 2.01. The Morgan fingerprint density at radius 2 is 2.13 bits per heavy atom. The highest BCUT2D eigenvalue weighted by atomic mass is 79.9.